The normalized spacial score (nSPS) is 10.6. The lowest BCUT2D eigenvalue weighted by Gasteiger charge is -2.23. The molecule has 4 rings (SSSR count). The van der Waals surface area contributed by atoms with Gasteiger partial charge < -0.3 is 17.2 Å². The zero-order chi connectivity index (χ0) is 19.5. The van der Waals surface area contributed by atoms with Crippen LogP contribution in [0.15, 0.2) is 60.7 Å². The molecule has 0 radical (unpaired) electrons. The van der Waals surface area contributed by atoms with Crippen LogP contribution in [0.25, 0.3) is 11.6 Å². The van der Waals surface area contributed by atoms with Gasteiger partial charge in [-0.15, -0.1) is 0 Å². The Morgan fingerprint density at radius 3 is 1.43 bits per heavy atom. The number of benzene rings is 2. The predicted octanol–water partition coefficient (Wildman–Crippen LogP) is 1.94. The summed E-state index contributed by atoms with van der Waals surface area (Å²) in [6.45, 7) is 0. The quantitative estimate of drug-likeness (QED) is 0.483. The van der Waals surface area contributed by atoms with Crippen LogP contribution in [0.3, 0.4) is 0 Å². The van der Waals surface area contributed by atoms with E-state index in [0.717, 1.165) is 11.4 Å². The first-order valence-corrected chi connectivity index (χ1v) is 8.29. The number of nitrogen functional groups attached to an aromatic ring is 3. The Labute approximate surface area is 160 Å². The molecule has 0 aliphatic heterocycles. The topological polar surface area (TPSA) is 159 Å². The van der Waals surface area contributed by atoms with E-state index in [2.05, 4.69) is 29.9 Å². The van der Waals surface area contributed by atoms with Crippen molar-refractivity contribution in [2.45, 2.75) is 0 Å². The van der Waals surface area contributed by atoms with Gasteiger partial charge in [-0.25, -0.2) is 0 Å². The zero-order valence-corrected chi connectivity index (χ0v) is 14.6. The number of nitrogens with zero attached hydrogens (tertiary/aromatic N) is 7. The summed E-state index contributed by atoms with van der Waals surface area (Å²) in [6.07, 6.45) is 0. The molecule has 4 aromatic rings. The molecule has 2 aromatic carbocycles. The van der Waals surface area contributed by atoms with Crippen molar-refractivity contribution in [2.75, 3.05) is 22.1 Å². The van der Waals surface area contributed by atoms with Crippen LogP contribution in [0, 0.1) is 0 Å². The van der Waals surface area contributed by atoms with Crippen molar-refractivity contribution < 1.29 is 0 Å². The van der Waals surface area contributed by atoms with Gasteiger partial charge >= 0.3 is 0 Å². The third-order valence-electron chi connectivity index (χ3n) is 3.74. The average Bonchev–Trinajstić information content (AvgIpc) is 2.69. The van der Waals surface area contributed by atoms with E-state index in [1.807, 2.05) is 65.6 Å². The van der Waals surface area contributed by atoms with Gasteiger partial charge in [0.05, 0.1) is 0 Å². The summed E-state index contributed by atoms with van der Waals surface area (Å²) >= 11 is 0. The van der Waals surface area contributed by atoms with Gasteiger partial charge in [-0.3, -0.25) is 4.90 Å². The van der Waals surface area contributed by atoms with E-state index >= 15 is 0 Å². The van der Waals surface area contributed by atoms with Crippen molar-refractivity contribution in [3.05, 3.63) is 60.7 Å². The average molecular weight is 372 g/mol. The standard InChI is InChI=1S/C18H16N10/c19-15-22-13(23-16(20)26-15)14-24-17(21)27-18(25-14)28(11-7-3-1-4-8-11)12-9-5-2-6-10-12/h1-10H,(H2,21,24,25,27)(H4,19,20,22,23,26). The number of hydrogen-bond acceptors (Lipinski definition) is 10. The largest absolute Gasteiger partial charge is 0.368 e. The number of nitrogens with two attached hydrogens (primary N) is 3. The Morgan fingerprint density at radius 1 is 0.500 bits per heavy atom. The van der Waals surface area contributed by atoms with Gasteiger partial charge in [0, 0.05) is 11.4 Å². The Hall–Kier alpha value is -4.34. The van der Waals surface area contributed by atoms with E-state index in [1.54, 1.807) is 0 Å². The second-order valence-corrected chi connectivity index (χ2v) is 5.70. The van der Waals surface area contributed by atoms with Crippen molar-refractivity contribution in [1.82, 2.24) is 29.9 Å². The van der Waals surface area contributed by atoms with Gasteiger partial charge in [-0.1, -0.05) is 36.4 Å². The molecule has 2 heterocycles. The maximum Gasteiger partial charge on any atom is 0.240 e. The molecule has 28 heavy (non-hydrogen) atoms. The van der Waals surface area contributed by atoms with Gasteiger partial charge in [0.15, 0.2) is 0 Å². The van der Waals surface area contributed by atoms with Crippen molar-refractivity contribution in [3.63, 3.8) is 0 Å². The van der Waals surface area contributed by atoms with Crippen LogP contribution in [-0.4, -0.2) is 29.9 Å². The number of para-hydroxylation sites is 2. The molecule has 138 valence electrons. The first-order valence-electron chi connectivity index (χ1n) is 8.29. The lowest BCUT2D eigenvalue weighted by atomic mass is 10.2. The number of aromatic nitrogens is 6. The summed E-state index contributed by atoms with van der Waals surface area (Å²) in [6, 6.07) is 19.3. The highest BCUT2D eigenvalue weighted by molar-refractivity contribution is 5.73. The van der Waals surface area contributed by atoms with E-state index in [9.17, 15) is 0 Å². The van der Waals surface area contributed by atoms with Crippen molar-refractivity contribution in [3.8, 4) is 11.6 Å². The van der Waals surface area contributed by atoms with Crippen LogP contribution < -0.4 is 22.1 Å². The Morgan fingerprint density at radius 2 is 0.929 bits per heavy atom. The van der Waals surface area contributed by atoms with Crippen molar-refractivity contribution >= 4 is 35.2 Å². The molecule has 0 bridgehead atoms. The predicted molar refractivity (Wildman–Crippen MR) is 107 cm³/mol. The minimum atomic E-state index is -0.0361. The summed E-state index contributed by atoms with van der Waals surface area (Å²) in [7, 11) is 0. The fourth-order valence-electron chi connectivity index (χ4n) is 2.62. The van der Waals surface area contributed by atoms with Gasteiger partial charge in [-0.05, 0) is 24.3 Å². The fraction of sp³-hybridized carbons (Fsp3) is 0. The van der Waals surface area contributed by atoms with Gasteiger partial charge in [0.25, 0.3) is 0 Å². The van der Waals surface area contributed by atoms with Crippen molar-refractivity contribution in [1.29, 1.82) is 0 Å². The third-order valence-corrected chi connectivity index (χ3v) is 3.74. The smallest absolute Gasteiger partial charge is 0.240 e. The third kappa shape index (κ3) is 3.46. The van der Waals surface area contributed by atoms with Gasteiger partial charge in [0.2, 0.25) is 35.4 Å². The molecular weight excluding hydrogens is 356 g/mol. The Kier molecular flexibility index (Phi) is 4.34. The van der Waals surface area contributed by atoms with Crippen molar-refractivity contribution in [2.24, 2.45) is 0 Å². The first-order chi connectivity index (χ1) is 13.6. The zero-order valence-electron chi connectivity index (χ0n) is 14.6. The maximum absolute atomic E-state index is 5.94. The van der Waals surface area contributed by atoms with Crippen LogP contribution in [0.2, 0.25) is 0 Å². The Bertz CT molecular complexity index is 1040. The number of hydrogen-bond donors (Lipinski definition) is 3. The SMILES string of the molecule is Nc1nc(N)nc(-c2nc(N)nc(N(c3ccccc3)c3ccccc3)n2)n1. The second-order valence-electron chi connectivity index (χ2n) is 5.70. The van der Waals surface area contributed by atoms with E-state index < -0.39 is 0 Å². The summed E-state index contributed by atoms with van der Waals surface area (Å²) < 4.78 is 0. The Balaban J connectivity index is 1.89. The van der Waals surface area contributed by atoms with Crippen LogP contribution in [0.1, 0.15) is 0 Å². The minimum absolute atomic E-state index is 0.00872. The summed E-state index contributed by atoms with van der Waals surface area (Å²) in [4.78, 5) is 26.6. The van der Waals surface area contributed by atoms with Crippen LogP contribution >= 0.6 is 0 Å². The highest BCUT2D eigenvalue weighted by Gasteiger charge is 2.19. The van der Waals surface area contributed by atoms with Crippen LogP contribution in [0.5, 0.6) is 0 Å². The lowest BCUT2D eigenvalue weighted by Crippen LogP contribution is -2.16. The molecule has 0 aliphatic carbocycles. The minimum Gasteiger partial charge on any atom is -0.368 e. The molecule has 2 aromatic heterocycles. The molecule has 0 saturated heterocycles. The van der Waals surface area contributed by atoms with E-state index in [0.29, 0.717) is 5.95 Å². The van der Waals surface area contributed by atoms with Crippen LogP contribution in [-0.2, 0) is 0 Å². The molecule has 0 amide bonds. The molecule has 0 fully saturated rings. The monoisotopic (exact) mass is 372 g/mol. The molecule has 10 nitrogen and oxygen atoms in total. The van der Waals surface area contributed by atoms with E-state index in [-0.39, 0.29) is 29.5 Å². The highest BCUT2D eigenvalue weighted by Crippen LogP contribution is 2.32. The molecule has 0 aliphatic rings. The molecule has 0 spiro atoms. The van der Waals surface area contributed by atoms with E-state index in [1.165, 1.54) is 0 Å². The number of anilines is 6. The number of rotatable bonds is 4. The lowest BCUT2D eigenvalue weighted by molar-refractivity contribution is 0.988. The summed E-state index contributed by atoms with van der Waals surface area (Å²) in [5.41, 5.74) is 19.0. The first kappa shape index (κ1) is 17.1. The van der Waals surface area contributed by atoms with E-state index in [4.69, 9.17) is 17.2 Å². The molecule has 10 heteroatoms. The molecule has 6 N–H and O–H groups in total. The van der Waals surface area contributed by atoms with Crippen LogP contribution in [0.4, 0.5) is 35.2 Å². The fourth-order valence-corrected chi connectivity index (χ4v) is 2.62. The molecular formula is C18H16N10. The summed E-state index contributed by atoms with van der Waals surface area (Å²) in [5.74, 6) is 0.491. The second kappa shape index (κ2) is 7.11. The van der Waals surface area contributed by atoms with Gasteiger partial charge in [-0.2, -0.15) is 29.9 Å². The maximum atomic E-state index is 5.94. The molecule has 0 unspecified atom stereocenters. The molecule has 0 saturated carbocycles. The molecule has 0 atom stereocenters. The summed E-state index contributed by atoms with van der Waals surface area (Å²) in [5, 5.41) is 0. The highest BCUT2D eigenvalue weighted by atomic mass is 15.3. The van der Waals surface area contributed by atoms with Gasteiger partial charge in [0.1, 0.15) is 0 Å².